The van der Waals surface area contributed by atoms with Gasteiger partial charge in [0.25, 0.3) is 0 Å². The highest BCUT2D eigenvalue weighted by Gasteiger charge is 2.17. The van der Waals surface area contributed by atoms with Crippen molar-refractivity contribution in [2.75, 3.05) is 25.2 Å². The van der Waals surface area contributed by atoms with Gasteiger partial charge in [0.2, 0.25) is 15.9 Å². The van der Waals surface area contributed by atoms with E-state index in [1.165, 1.54) is 45.3 Å². The average molecular weight is 346 g/mol. The highest BCUT2D eigenvalue weighted by atomic mass is 32.2. The number of thioether (sulfide) groups is 1. The van der Waals surface area contributed by atoms with Gasteiger partial charge in [-0.05, 0) is 31.2 Å². The van der Waals surface area contributed by atoms with Crippen molar-refractivity contribution in [3.05, 3.63) is 24.3 Å². The van der Waals surface area contributed by atoms with E-state index < -0.39 is 21.2 Å². The van der Waals surface area contributed by atoms with Gasteiger partial charge in [-0.3, -0.25) is 9.59 Å². The molecule has 1 atom stereocenters. The summed E-state index contributed by atoms with van der Waals surface area (Å²) < 4.78 is 24.9. The predicted octanol–water partition coefficient (Wildman–Crippen LogP) is 1.08. The first kappa shape index (κ1) is 18.5. The molecule has 0 aliphatic rings. The Hall–Kier alpha value is -1.58. The van der Waals surface area contributed by atoms with Gasteiger partial charge in [-0.2, -0.15) is 0 Å². The second-order valence-corrected chi connectivity index (χ2v) is 8.13. The number of sulfonamides is 1. The topological polar surface area (TPSA) is 104 Å². The quantitative estimate of drug-likeness (QED) is 0.766. The summed E-state index contributed by atoms with van der Waals surface area (Å²) in [7, 11) is -0.629. The molecule has 0 saturated heterocycles. The van der Waals surface area contributed by atoms with E-state index in [-0.39, 0.29) is 16.6 Å². The number of amides is 1. The van der Waals surface area contributed by atoms with Crippen molar-refractivity contribution < 1.29 is 23.1 Å². The van der Waals surface area contributed by atoms with Gasteiger partial charge >= 0.3 is 5.97 Å². The van der Waals surface area contributed by atoms with Crippen LogP contribution in [0.15, 0.2) is 29.2 Å². The number of carboxylic acids is 1. The number of rotatable bonds is 7. The zero-order chi connectivity index (χ0) is 16.9. The molecule has 0 saturated carbocycles. The van der Waals surface area contributed by atoms with Gasteiger partial charge < -0.3 is 10.4 Å². The Morgan fingerprint density at radius 2 is 1.82 bits per heavy atom. The normalized spacial score (nSPS) is 12.9. The molecule has 0 heterocycles. The molecule has 0 bridgehead atoms. The fourth-order valence-electron chi connectivity index (χ4n) is 1.39. The molecule has 0 spiro atoms. The summed E-state index contributed by atoms with van der Waals surface area (Å²) in [6.45, 7) is 1.50. The van der Waals surface area contributed by atoms with Crippen LogP contribution < -0.4 is 5.32 Å². The standard InChI is InChI=1S/C13H18N2O5S2/c1-9(13(17)18)21-8-12(16)14-10-4-6-11(7-5-10)22(19,20)15(2)3/h4-7,9H,8H2,1-3H3,(H,14,16)(H,17,18). The maximum atomic E-state index is 11.9. The summed E-state index contributed by atoms with van der Waals surface area (Å²) in [4.78, 5) is 22.5. The van der Waals surface area contributed by atoms with Crippen LogP contribution in [0.4, 0.5) is 5.69 Å². The Morgan fingerprint density at radius 1 is 1.27 bits per heavy atom. The van der Waals surface area contributed by atoms with Crippen LogP contribution in [-0.2, 0) is 19.6 Å². The lowest BCUT2D eigenvalue weighted by Gasteiger charge is -2.12. The Balaban J connectivity index is 2.65. The average Bonchev–Trinajstić information content (AvgIpc) is 2.45. The number of hydrogen-bond acceptors (Lipinski definition) is 5. The monoisotopic (exact) mass is 346 g/mol. The van der Waals surface area contributed by atoms with Crippen molar-refractivity contribution in [1.82, 2.24) is 4.31 Å². The van der Waals surface area contributed by atoms with Crippen molar-refractivity contribution in [1.29, 1.82) is 0 Å². The second-order valence-electron chi connectivity index (χ2n) is 4.65. The van der Waals surface area contributed by atoms with Gasteiger partial charge in [-0.25, -0.2) is 12.7 Å². The minimum Gasteiger partial charge on any atom is -0.480 e. The molecule has 0 fully saturated rings. The Kier molecular flexibility index (Phi) is 6.39. The van der Waals surface area contributed by atoms with Gasteiger partial charge in [0.15, 0.2) is 0 Å². The van der Waals surface area contributed by atoms with Gasteiger partial charge in [-0.15, -0.1) is 11.8 Å². The van der Waals surface area contributed by atoms with Gasteiger partial charge in [0.1, 0.15) is 0 Å². The van der Waals surface area contributed by atoms with E-state index in [0.29, 0.717) is 5.69 Å². The van der Waals surface area contributed by atoms with Crippen molar-refractivity contribution in [2.45, 2.75) is 17.1 Å². The zero-order valence-electron chi connectivity index (χ0n) is 12.4. The molecule has 22 heavy (non-hydrogen) atoms. The number of nitrogens with one attached hydrogen (secondary N) is 1. The van der Waals surface area contributed by atoms with Crippen molar-refractivity contribution >= 4 is 39.3 Å². The fraction of sp³-hybridized carbons (Fsp3) is 0.385. The molecule has 1 rings (SSSR count). The van der Waals surface area contributed by atoms with Crippen molar-refractivity contribution in [3.63, 3.8) is 0 Å². The summed E-state index contributed by atoms with van der Waals surface area (Å²) in [5.41, 5.74) is 0.450. The lowest BCUT2D eigenvalue weighted by molar-refractivity contribution is -0.136. The summed E-state index contributed by atoms with van der Waals surface area (Å²) in [6, 6.07) is 5.77. The van der Waals surface area contributed by atoms with Crippen LogP contribution in [0, 0.1) is 0 Å². The Morgan fingerprint density at radius 3 is 2.27 bits per heavy atom. The van der Waals surface area contributed by atoms with Crippen molar-refractivity contribution in [2.24, 2.45) is 0 Å². The molecule has 122 valence electrons. The maximum Gasteiger partial charge on any atom is 0.316 e. The van der Waals surface area contributed by atoms with E-state index in [4.69, 9.17) is 5.11 Å². The molecule has 0 aliphatic carbocycles. The lowest BCUT2D eigenvalue weighted by atomic mass is 10.3. The third-order valence-corrected chi connectivity index (χ3v) is 5.69. The van der Waals surface area contributed by atoms with E-state index in [9.17, 15) is 18.0 Å². The summed E-state index contributed by atoms with van der Waals surface area (Å²) in [5.74, 6) is -1.32. The molecule has 1 unspecified atom stereocenters. The Bertz CT molecular complexity index is 641. The van der Waals surface area contributed by atoms with Crippen LogP contribution in [0.5, 0.6) is 0 Å². The van der Waals surface area contributed by atoms with E-state index in [1.54, 1.807) is 0 Å². The van der Waals surface area contributed by atoms with Crippen LogP contribution in [0.1, 0.15) is 6.92 Å². The number of carbonyl (C=O) groups excluding carboxylic acids is 1. The smallest absolute Gasteiger partial charge is 0.316 e. The number of hydrogen-bond donors (Lipinski definition) is 2. The third kappa shape index (κ3) is 5.00. The minimum absolute atomic E-state index is 0.00517. The van der Waals surface area contributed by atoms with Gasteiger partial charge in [0.05, 0.1) is 15.9 Å². The molecule has 1 aromatic rings. The highest BCUT2D eigenvalue weighted by molar-refractivity contribution is 8.01. The first-order valence-corrected chi connectivity index (χ1v) is 8.80. The number of aliphatic carboxylic acids is 1. The third-order valence-electron chi connectivity index (χ3n) is 2.73. The highest BCUT2D eigenvalue weighted by Crippen LogP contribution is 2.17. The lowest BCUT2D eigenvalue weighted by Crippen LogP contribution is -2.22. The molecule has 0 aromatic heterocycles. The van der Waals surface area contributed by atoms with E-state index in [0.717, 1.165) is 16.1 Å². The number of benzene rings is 1. The summed E-state index contributed by atoms with van der Waals surface area (Å²) in [6.07, 6.45) is 0. The molecule has 1 aromatic carbocycles. The van der Waals surface area contributed by atoms with E-state index in [1.807, 2.05) is 0 Å². The largest absolute Gasteiger partial charge is 0.480 e. The summed E-state index contributed by atoms with van der Waals surface area (Å²) in [5, 5.41) is 10.6. The number of carbonyl (C=O) groups is 2. The van der Waals surface area contributed by atoms with Crippen LogP contribution in [0.25, 0.3) is 0 Å². The SMILES string of the molecule is CC(SCC(=O)Nc1ccc(S(=O)(=O)N(C)C)cc1)C(=O)O. The van der Waals surface area contributed by atoms with Crippen LogP contribution in [-0.4, -0.2) is 54.8 Å². The molecule has 2 N–H and O–H groups in total. The molecule has 0 radical (unpaired) electrons. The first-order valence-electron chi connectivity index (χ1n) is 6.31. The molecule has 1 amide bonds. The molecular formula is C13H18N2O5S2. The van der Waals surface area contributed by atoms with Gasteiger partial charge in [-0.1, -0.05) is 0 Å². The molecular weight excluding hydrogens is 328 g/mol. The molecule has 9 heteroatoms. The van der Waals surface area contributed by atoms with Crippen LogP contribution in [0.2, 0.25) is 0 Å². The fourth-order valence-corrected chi connectivity index (χ4v) is 2.91. The number of nitrogens with zero attached hydrogens (tertiary/aromatic N) is 1. The molecule has 7 nitrogen and oxygen atoms in total. The van der Waals surface area contributed by atoms with Crippen LogP contribution >= 0.6 is 11.8 Å². The minimum atomic E-state index is -3.50. The van der Waals surface area contributed by atoms with E-state index >= 15 is 0 Å². The number of anilines is 1. The Labute approximate surface area is 133 Å². The predicted molar refractivity (Wildman–Crippen MR) is 85.5 cm³/mol. The van der Waals surface area contributed by atoms with E-state index in [2.05, 4.69) is 5.32 Å². The number of carboxylic acid groups (broad SMARTS) is 1. The van der Waals surface area contributed by atoms with Gasteiger partial charge in [0, 0.05) is 19.8 Å². The maximum absolute atomic E-state index is 11.9. The van der Waals surface area contributed by atoms with Crippen LogP contribution in [0.3, 0.4) is 0 Å². The first-order chi connectivity index (χ1) is 10.1. The zero-order valence-corrected chi connectivity index (χ0v) is 14.1. The van der Waals surface area contributed by atoms with Crippen molar-refractivity contribution in [3.8, 4) is 0 Å². The second kappa shape index (κ2) is 7.61. The summed E-state index contributed by atoms with van der Waals surface area (Å²) >= 11 is 1.01. The molecule has 0 aliphatic heterocycles.